The van der Waals surface area contributed by atoms with Crippen LogP contribution in [0.25, 0.3) is 11.5 Å². The SMILES string of the molecule is COC(=O)c1ccc(-c2nc(CN3CCCC3c3nccs3)c(C)o2)cc1. The topological polar surface area (TPSA) is 68.5 Å². The number of esters is 1. The highest BCUT2D eigenvalue weighted by atomic mass is 32.1. The van der Waals surface area contributed by atoms with Crippen molar-refractivity contribution in [2.45, 2.75) is 32.4 Å². The molecular formula is C20H21N3O3S. The zero-order chi connectivity index (χ0) is 18.8. The Bertz CT molecular complexity index is 919. The number of rotatable bonds is 5. The number of thiazole rings is 1. The number of benzene rings is 1. The summed E-state index contributed by atoms with van der Waals surface area (Å²) < 4.78 is 10.6. The van der Waals surface area contributed by atoms with Crippen molar-refractivity contribution in [3.05, 3.63) is 57.9 Å². The lowest BCUT2D eigenvalue weighted by atomic mass is 10.1. The normalized spacial score (nSPS) is 17.3. The second-order valence-electron chi connectivity index (χ2n) is 6.59. The van der Waals surface area contributed by atoms with E-state index in [4.69, 9.17) is 14.1 Å². The number of carbonyl (C=O) groups is 1. The molecule has 6 nitrogen and oxygen atoms in total. The summed E-state index contributed by atoms with van der Waals surface area (Å²) in [5.74, 6) is 1.05. The van der Waals surface area contributed by atoms with Crippen molar-refractivity contribution in [2.24, 2.45) is 0 Å². The number of aromatic nitrogens is 2. The zero-order valence-corrected chi connectivity index (χ0v) is 16.2. The molecule has 3 heterocycles. The van der Waals surface area contributed by atoms with E-state index in [0.717, 1.165) is 36.5 Å². The van der Waals surface area contributed by atoms with Gasteiger partial charge in [-0.05, 0) is 50.6 Å². The molecule has 1 aromatic carbocycles. The van der Waals surface area contributed by atoms with E-state index in [1.54, 1.807) is 23.5 Å². The number of nitrogens with zero attached hydrogens (tertiary/aromatic N) is 3. The molecule has 0 N–H and O–H groups in total. The van der Waals surface area contributed by atoms with Gasteiger partial charge in [0.25, 0.3) is 0 Å². The Kier molecular flexibility index (Phi) is 5.05. The van der Waals surface area contributed by atoms with E-state index in [1.807, 2.05) is 30.6 Å². The first-order chi connectivity index (χ1) is 13.2. The summed E-state index contributed by atoms with van der Waals surface area (Å²) in [5.41, 5.74) is 2.30. The number of hydrogen-bond donors (Lipinski definition) is 0. The van der Waals surface area contributed by atoms with Crippen LogP contribution < -0.4 is 0 Å². The quantitative estimate of drug-likeness (QED) is 0.614. The molecule has 4 rings (SSSR count). The highest BCUT2D eigenvalue weighted by Gasteiger charge is 2.29. The second-order valence-corrected chi connectivity index (χ2v) is 7.52. The molecule has 7 heteroatoms. The largest absolute Gasteiger partial charge is 0.465 e. The summed E-state index contributed by atoms with van der Waals surface area (Å²) in [7, 11) is 1.37. The number of hydrogen-bond acceptors (Lipinski definition) is 7. The Balaban J connectivity index is 1.52. The van der Waals surface area contributed by atoms with Crippen molar-refractivity contribution < 1.29 is 13.9 Å². The van der Waals surface area contributed by atoms with E-state index in [0.29, 0.717) is 17.5 Å². The molecule has 0 aliphatic carbocycles. The van der Waals surface area contributed by atoms with E-state index in [-0.39, 0.29) is 5.97 Å². The van der Waals surface area contributed by atoms with Gasteiger partial charge in [0.1, 0.15) is 10.8 Å². The molecule has 1 atom stereocenters. The minimum atomic E-state index is -0.354. The molecule has 1 unspecified atom stereocenters. The van der Waals surface area contributed by atoms with Crippen molar-refractivity contribution >= 4 is 17.3 Å². The smallest absolute Gasteiger partial charge is 0.337 e. The third kappa shape index (κ3) is 3.65. The molecular weight excluding hydrogens is 362 g/mol. The molecule has 3 aromatic rings. The van der Waals surface area contributed by atoms with Gasteiger partial charge in [-0.2, -0.15) is 0 Å². The first kappa shape index (κ1) is 17.9. The maximum atomic E-state index is 11.6. The standard InChI is InChI=1S/C20H21N3O3S/c1-13-16(12-23-10-3-4-17(23)19-21-9-11-27-19)22-18(26-13)14-5-7-15(8-6-14)20(24)25-2/h5-9,11,17H,3-4,10,12H2,1-2H3. The van der Waals surface area contributed by atoms with Crippen LogP contribution in [-0.2, 0) is 11.3 Å². The summed E-state index contributed by atoms with van der Waals surface area (Å²) in [6, 6.07) is 7.47. The molecule has 0 radical (unpaired) electrons. The summed E-state index contributed by atoms with van der Waals surface area (Å²) >= 11 is 1.71. The van der Waals surface area contributed by atoms with Gasteiger partial charge in [0, 0.05) is 23.7 Å². The molecule has 27 heavy (non-hydrogen) atoms. The van der Waals surface area contributed by atoms with Gasteiger partial charge < -0.3 is 9.15 Å². The first-order valence-corrected chi connectivity index (χ1v) is 9.82. The van der Waals surface area contributed by atoms with E-state index < -0.39 is 0 Å². The van der Waals surface area contributed by atoms with Crippen LogP contribution in [0.2, 0.25) is 0 Å². The lowest BCUT2D eigenvalue weighted by Crippen LogP contribution is -2.23. The lowest BCUT2D eigenvalue weighted by Gasteiger charge is -2.21. The van der Waals surface area contributed by atoms with Gasteiger partial charge in [0.15, 0.2) is 0 Å². The molecule has 0 saturated carbocycles. The molecule has 1 saturated heterocycles. The van der Waals surface area contributed by atoms with Crippen LogP contribution in [-0.4, -0.2) is 34.5 Å². The molecule has 0 spiro atoms. The van der Waals surface area contributed by atoms with Crippen molar-refractivity contribution in [1.29, 1.82) is 0 Å². The van der Waals surface area contributed by atoms with Crippen LogP contribution in [0.1, 0.15) is 45.7 Å². The van der Waals surface area contributed by atoms with Crippen LogP contribution in [0.4, 0.5) is 0 Å². The Hall–Kier alpha value is -2.51. The molecule has 1 fully saturated rings. The van der Waals surface area contributed by atoms with Crippen LogP contribution in [0.5, 0.6) is 0 Å². The van der Waals surface area contributed by atoms with Gasteiger partial charge in [-0.25, -0.2) is 14.8 Å². The van der Waals surface area contributed by atoms with Crippen LogP contribution in [0.15, 0.2) is 40.3 Å². The van der Waals surface area contributed by atoms with Gasteiger partial charge in [0.05, 0.1) is 24.4 Å². The van der Waals surface area contributed by atoms with Crippen LogP contribution >= 0.6 is 11.3 Å². The number of aryl methyl sites for hydroxylation is 1. The first-order valence-electron chi connectivity index (χ1n) is 8.94. The Morgan fingerprint density at radius 1 is 1.37 bits per heavy atom. The number of carbonyl (C=O) groups excluding carboxylic acids is 1. The third-order valence-electron chi connectivity index (χ3n) is 4.90. The van der Waals surface area contributed by atoms with E-state index in [9.17, 15) is 4.79 Å². The number of likely N-dealkylation sites (tertiary alicyclic amines) is 1. The maximum Gasteiger partial charge on any atom is 0.337 e. The summed E-state index contributed by atoms with van der Waals surface area (Å²) in [5, 5.41) is 3.20. The molecule has 2 aromatic heterocycles. The number of oxazole rings is 1. The van der Waals surface area contributed by atoms with Gasteiger partial charge in [-0.3, -0.25) is 4.90 Å². The third-order valence-corrected chi connectivity index (χ3v) is 5.78. The molecule has 1 aliphatic rings. The molecule has 0 bridgehead atoms. The number of methoxy groups -OCH3 is 1. The zero-order valence-electron chi connectivity index (χ0n) is 15.3. The summed E-state index contributed by atoms with van der Waals surface area (Å²) in [4.78, 5) is 23.2. The maximum absolute atomic E-state index is 11.6. The second kappa shape index (κ2) is 7.62. The van der Waals surface area contributed by atoms with Gasteiger partial charge in [-0.15, -0.1) is 11.3 Å². The van der Waals surface area contributed by atoms with Crippen molar-refractivity contribution in [3.8, 4) is 11.5 Å². The molecule has 1 aliphatic heterocycles. The van der Waals surface area contributed by atoms with Crippen molar-refractivity contribution in [3.63, 3.8) is 0 Å². The van der Waals surface area contributed by atoms with Gasteiger partial charge >= 0.3 is 5.97 Å². The Morgan fingerprint density at radius 3 is 2.89 bits per heavy atom. The highest BCUT2D eigenvalue weighted by Crippen LogP contribution is 2.34. The Labute approximate surface area is 161 Å². The predicted molar refractivity (Wildman–Crippen MR) is 103 cm³/mol. The van der Waals surface area contributed by atoms with Gasteiger partial charge in [-0.1, -0.05) is 0 Å². The fourth-order valence-corrected chi connectivity index (χ4v) is 4.26. The lowest BCUT2D eigenvalue weighted by molar-refractivity contribution is 0.0600. The molecule has 0 amide bonds. The van der Waals surface area contributed by atoms with Crippen molar-refractivity contribution in [2.75, 3.05) is 13.7 Å². The van der Waals surface area contributed by atoms with Crippen molar-refractivity contribution in [1.82, 2.24) is 14.9 Å². The molecule has 140 valence electrons. The summed E-state index contributed by atoms with van der Waals surface area (Å²) in [6.07, 6.45) is 4.17. The van der Waals surface area contributed by atoms with Crippen LogP contribution in [0, 0.1) is 6.92 Å². The average molecular weight is 383 g/mol. The number of ether oxygens (including phenoxy) is 1. The minimum absolute atomic E-state index is 0.354. The van der Waals surface area contributed by atoms with E-state index in [2.05, 4.69) is 9.88 Å². The van der Waals surface area contributed by atoms with Crippen LogP contribution in [0.3, 0.4) is 0 Å². The average Bonchev–Trinajstić information content (AvgIpc) is 3.43. The fraction of sp³-hybridized carbons (Fsp3) is 0.350. The summed E-state index contributed by atoms with van der Waals surface area (Å²) in [6.45, 7) is 3.74. The monoisotopic (exact) mass is 383 g/mol. The Morgan fingerprint density at radius 2 is 2.19 bits per heavy atom. The fourth-order valence-electron chi connectivity index (χ4n) is 3.45. The highest BCUT2D eigenvalue weighted by molar-refractivity contribution is 7.09. The minimum Gasteiger partial charge on any atom is -0.465 e. The van der Waals surface area contributed by atoms with Gasteiger partial charge in [0.2, 0.25) is 5.89 Å². The van der Waals surface area contributed by atoms with E-state index in [1.165, 1.54) is 18.5 Å². The van der Waals surface area contributed by atoms with E-state index >= 15 is 0 Å². The predicted octanol–water partition coefficient (Wildman–Crippen LogP) is 4.23.